The zero-order valence-corrected chi connectivity index (χ0v) is 17.4. The standard InChI is InChI=1S/C21H29NO3S/c1-13(2)25-11-7-10-22-20(23)18(19(21(22)24)26-14(3)4)17-9-8-15(5)16(6)12-17/h8-9,12-14H,7,10-11H2,1-6H3. The molecule has 0 spiro atoms. The van der Waals surface area contributed by atoms with Crippen molar-refractivity contribution in [3.05, 3.63) is 39.8 Å². The van der Waals surface area contributed by atoms with Crippen LogP contribution in [-0.4, -0.2) is 41.2 Å². The first kappa shape index (κ1) is 20.7. The van der Waals surface area contributed by atoms with Gasteiger partial charge < -0.3 is 4.74 Å². The SMILES string of the molecule is Cc1ccc(C2=C(SC(C)C)C(=O)N(CCCOC(C)C)C2=O)cc1C. The predicted molar refractivity (Wildman–Crippen MR) is 108 cm³/mol. The van der Waals surface area contributed by atoms with Crippen LogP contribution >= 0.6 is 11.8 Å². The summed E-state index contributed by atoms with van der Waals surface area (Å²) in [5.41, 5.74) is 3.66. The van der Waals surface area contributed by atoms with E-state index in [1.165, 1.54) is 22.2 Å². The first-order valence-corrected chi connectivity index (χ1v) is 10.1. The lowest BCUT2D eigenvalue weighted by Gasteiger charge is -2.16. The molecule has 1 heterocycles. The smallest absolute Gasteiger partial charge is 0.267 e. The fraction of sp³-hybridized carbons (Fsp3) is 0.524. The number of hydrogen-bond donors (Lipinski definition) is 0. The Morgan fingerprint density at radius 1 is 1.04 bits per heavy atom. The third-order valence-corrected chi connectivity index (χ3v) is 5.34. The monoisotopic (exact) mass is 375 g/mol. The van der Waals surface area contributed by atoms with Gasteiger partial charge in [-0.05, 0) is 50.8 Å². The van der Waals surface area contributed by atoms with Crippen LogP contribution in [0.1, 0.15) is 50.8 Å². The van der Waals surface area contributed by atoms with Crippen LogP contribution in [0, 0.1) is 13.8 Å². The van der Waals surface area contributed by atoms with Crippen molar-refractivity contribution in [3.63, 3.8) is 0 Å². The molecule has 0 aliphatic carbocycles. The van der Waals surface area contributed by atoms with E-state index in [2.05, 4.69) is 0 Å². The van der Waals surface area contributed by atoms with Crippen LogP contribution in [0.15, 0.2) is 23.1 Å². The summed E-state index contributed by atoms with van der Waals surface area (Å²) in [7, 11) is 0. The van der Waals surface area contributed by atoms with E-state index in [1.54, 1.807) is 0 Å². The number of hydrogen-bond acceptors (Lipinski definition) is 4. The van der Waals surface area contributed by atoms with Crippen molar-refractivity contribution in [3.8, 4) is 0 Å². The van der Waals surface area contributed by atoms with Gasteiger partial charge in [0.05, 0.1) is 16.6 Å². The summed E-state index contributed by atoms with van der Waals surface area (Å²) in [5, 5.41) is 0.229. The van der Waals surface area contributed by atoms with Crippen molar-refractivity contribution in [2.45, 2.75) is 59.3 Å². The number of benzene rings is 1. The Balaban J connectivity index is 2.28. The lowest BCUT2D eigenvalue weighted by atomic mass is 10.0. The van der Waals surface area contributed by atoms with Crippen LogP contribution in [0.5, 0.6) is 0 Å². The minimum absolute atomic E-state index is 0.149. The highest BCUT2D eigenvalue weighted by Crippen LogP contribution is 2.38. The van der Waals surface area contributed by atoms with Crippen molar-refractivity contribution in [1.82, 2.24) is 4.90 Å². The van der Waals surface area contributed by atoms with Gasteiger partial charge in [0.25, 0.3) is 11.8 Å². The normalized spacial score (nSPS) is 15.2. The van der Waals surface area contributed by atoms with Gasteiger partial charge in [-0.15, -0.1) is 11.8 Å². The number of carbonyl (C=O) groups excluding carboxylic acids is 2. The van der Waals surface area contributed by atoms with E-state index >= 15 is 0 Å². The average molecular weight is 376 g/mol. The molecule has 1 aromatic rings. The molecule has 0 saturated heterocycles. The van der Waals surface area contributed by atoms with E-state index in [0.29, 0.717) is 30.1 Å². The van der Waals surface area contributed by atoms with Crippen molar-refractivity contribution in [2.75, 3.05) is 13.2 Å². The van der Waals surface area contributed by atoms with Crippen molar-refractivity contribution >= 4 is 29.1 Å². The maximum Gasteiger partial charge on any atom is 0.267 e. The van der Waals surface area contributed by atoms with Gasteiger partial charge in [-0.1, -0.05) is 32.0 Å². The first-order valence-electron chi connectivity index (χ1n) is 9.18. The first-order chi connectivity index (χ1) is 12.2. The lowest BCUT2D eigenvalue weighted by Crippen LogP contribution is -2.33. The molecular formula is C21H29NO3S. The highest BCUT2D eigenvalue weighted by atomic mass is 32.2. The van der Waals surface area contributed by atoms with E-state index in [4.69, 9.17) is 4.74 Å². The Kier molecular flexibility index (Phi) is 7.07. The molecule has 1 aliphatic rings. The second-order valence-electron chi connectivity index (χ2n) is 7.20. The second kappa shape index (κ2) is 8.87. The number of ether oxygens (including phenoxy) is 1. The summed E-state index contributed by atoms with van der Waals surface area (Å²) in [5.74, 6) is -0.363. The molecule has 0 aromatic heterocycles. The number of rotatable bonds is 8. The fourth-order valence-corrected chi connectivity index (χ4v) is 3.80. The van der Waals surface area contributed by atoms with Crippen LogP contribution in [0.25, 0.3) is 5.57 Å². The van der Waals surface area contributed by atoms with Gasteiger partial charge in [0.1, 0.15) is 0 Å². The van der Waals surface area contributed by atoms with Crippen molar-refractivity contribution < 1.29 is 14.3 Å². The zero-order valence-electron chi connectivity index (χ0n) is 16.6. The summed E-state index contributed by atoms with van der Waals surface area (Å²) >= 11 is 1.47. The Labute approximate surface area is 161 Å². The molecule has 4 nitrogen and oxygen atoms in total. The molecule has 142 valence electrons. The predicted octanol–water partition coefficient (Wildman–Crippen LogP) is 4.34. The summed E-state index contributed by atoms with van der Waals surface area (Å²) < 4.78 is 5.54. The molecule has 1 aromatic carbocycles. The number of thioether (sulfide) groups is 1. The fourth-order valence-electron chi connectivity index (χ4n) is 2.80. The van der Waals surface area contributed by atoms with E-state index in [9.17, 15) is 9.59 Å². The van der Waals surface area contributed by atoms with E-state index < -0.39 is 0 Å². The van der Waals surface area contributed by atoms with Gasteiger partial charge in [0, 0.05) is 18.4 Å². The molecule has 26 heavy (non-hydrogen) atoms. The molecule has 2 amide bonds. The molecule has 0 bridgehead atoms. The highest BCUT2D eigenvalue weighted by Gasteiger charge is 2.39. The summed E-state index contributed by atoms with van der Waals surface area (Å²) in [4.78, 5) is 27.9. The molecule has 5 heteroatoms. The van der Waals surface area contributed by atoms with Crippen LogP contribution in [-0.2, 0) is 14.3 Å². The highest BCUT2D eigenvalue weighted by molar-refractivity contribution is 8.04. The second-order valence-corrected chi connectivity index (χ2v) is 8.79. The summed E-state index contributed by atoms with van der Waals surface area (Å²) in [6, 6.07) is 5.95. The van der Waals surface area contributed by atoms with Crippen molar-refractivity contribution in [2.24, 2.45) is 0 Å². The van der Waals surface area contributed by atoms with Gasteiger partial charge in [-0.3, -0.25) is 14.5 Å². The number of carbonyl (C=O) groups is 2. The van der Waals surface area contributed by atoms with Gasteiger partial charge in [0.15, 0.2) is 0 Å². The maximum absolute atomic E-state index is 13.0. The number of amides is 2. The van der Waals surface area contributed by atoms with Crippen LogP contribution in [0.4, 0.5) is 0 Å². The quantitative estimate of drug-likeness (QED) is 0.501. The molecule has 0 unspecified atom stereocenters. The topological polar surface area (TPSA) is 46.6 Å². The third kappa shape index (κ3) is 4.77. The molecule has 0 fully saturated rings. The van der Waals surface area contributed by atoms with E-state index in [0.717, 1.165) is 11.1 Å². The number of aryl methyl sites for hydroxylation is 2. The van der Waals surface area contributed by atoms with E-state index in [-0.39, 0.29) is 23.2 Å². The Bertz CT molecular complexity index is 722. The molecular weight excluding hydrogens is 346 g/mol. The van der Waals surface area contributed by atoms with Gasteiger partial charge >= 0.3 is 0 Å². The zero-order chi connectivity index (χ0) is 19.4. The maximum atomic E-state index is 13.0. The molecule has 0 radical (unpaired) electrons. The lowest BCUT2D eigenvalue weighted by molar-refractivity contribution is -0.136. The van der Waals surface area contributed by atoms with Crippen LogP contribution < -0.4 is 0 Å². The number of nitrogens with zero attached hydrogens (tertiary/aromatic N) is 1. The summed E-state index contributed by atoms with van der Waals surface area (Å²) in [6.45, 7) is 13.0. The molecule has 2 rings (SSSR count). The van der Waals surface area contributed by atoms with Crippen molar-refractivity contribution in [1.29, 1.82) is 0 Å². The molecule has 1 aliphatic heterocycles. The Morgan fingerprint density at radius 2 is 1.73 bits per heavy atom. The van der Waals surface area contributed by atoms with Gasteiger partial charge in [0.2, 0.25) is 0 Å². The Hall–Kier alpha value is -1.59. The number of imide groups is 1. The van der Waals surface area contributed by atoms with E-state index in [1.807, 2.05) is 59.7 Å². The molecule has 0 saturated carbocycles. The van der Waals surface area contributed by atoms with Crippen LogP contribution in [0.2, 0.25) is 0 Å². The molecule has 0 N–H and O–H groups in total. The largest absolute Gasteiger partial charge is 0.379 e. The molecule has 0 atom stereocenters. The van der Waals surface area contributed by atoms with Gasteiger partial charge in [-0.2, -0.15) is 0 Å². The minimum Gasteiger partial charge on any atom is -0.379 e. The average Bonchev–Trinajstić information content (AvgIpc) is 2.77. The third-order valence-electron chi connectivity index (χ3n) is 4.25. The summed E-state index contributed by atoms with van der Waals surface area (Å²) in [6.07, 6.45) is 0.798. The Morgan fingerprint density at radius 3 is 2.31 bits per heavy atom. The minimum atomic E-state index is -0.189. The van der Waals surface area contributed by atoms with Crippen LogP contribution in [0.3, 0.4) is 0 Å². The van der Waals surface area contributed by atoms with Gasteiger partial charge in [-0.25, -0.2) is 0 Å².